The second kappa shape index (κ2) is 6.30. The van der Waals surface area contributed by atoms with Gasteiger partial charge in [-0.3, -0.25) is 0 Å². The van der Waals surface area contributed by atoms with E-state index in [2.05, 4.69) is 36.8 Å². The summed E-state index contributed by atoms with van der Waals surface area (Å²) in [7, 11) is 0.788. The van der Waals surface area contributed by atoms with Crippen LogP contribution in [0.15, 0.2) is 23.9 Å². The van der Waals surface area contributed by atoms with Crippen LogP contribution in [-0.4, -0.2) is 16.8 Å². The molecule has 5 unspecified atom stereocenters. The number of phenolic OH excluding ortho intramolecular Hbond substituents is 1. The van der Waals surface area contributed by atoms with Crippen molar-refractivity contribution in [1.82, 2.24) is 10.6 Å². The van der Waals surface area contributed by atoms with Crippen molar-refractivity contribution < 1.29 is 5.11 Å². The van der Waals surface area contributed by atoms with Gasteiger partial charge in [-0.15, -0.1) is 0 Å². The molecule has 0 bridgehead atoms. The number of allylic oxidation sites excluding steroid dienone is 2. The van der Waals surface area contributed by atoms with Gasteiger partial charge in [-0.25, -0.2) is 0 Å². The maximum atomic E-state index is 10.6. The van der Waals surface area contributed by atoms with Crippen molar-refractivity contribution in [2.45, 2.75) is 64.2 Å². The second-order valence-corrected chi connectivity index (χ2v) is 10.0. The van der Waals surface area contributed by atoms with Crippen LogP contribution in [0.1, 0.15) is 55.7 Å². The maximum absolute atomic E-state index is 10.6. The molecule has 2 heterocycles. The Morgan fingerprint density at radius 1 is 1.23 bits per heavy atom. The summed E-state index contributed by atoms with van der Waals surface area (Å²) in [6.07, 6.45) is 10.7. The van der Waals surface area contributed by atoms with Gasteiger partial charge in [0.2, 0.25) is 0 Å². The highest BCUT2D eigenvalue weighted by molar-refractivity contribution is 7.48. The lowest BCUT2D eigenvalue weighted by molar-refractivity contribution is 0.229. The van der Waals surface area contributed by atoms with E-state index in [1.807, 2.05) is 6.07 Å². The summed E-state index contributed by atoms with van der Waals surface area (Å²) in [5.74, 6) is 1.97. The van der Waals surface area contributed by atoms with Crippen LogP contribution in [0.5, 0.6) is 5.75 Å². The summed E-state index contributed by atoms with van der Waals surface area (Å²) in [4.78, 5) is 0. The van der Waals surface area contributed by atoms with Crippen molar-refractivity contribution in [1.29, 1.82) is 0 Å². The first-order chi connectivity index (χ1) is 12.6. The third kappa shape index (κ3) is 2.67. The van der Waals surface area contributed by atoms with E-state index in [1.54, 1.807) is 0 Å². The molecule has 4 aliphatic rings. The number of fused-ring (bicyclic) bond motifs is 2. The summed E-state index contributed by atoms with van der Waals surface area (Å²) < 4.78 is 0. The quantitative estimate of drug-likeness (QED) is 0.694. The van der Waals surface area contributed by atoms with Crippen molar-refractivity contribution in [3.63, 3.8) is 0 Å². The smallest absolute Gasteiger partial charge is 0.119 e. The Kier molecular flexibility index (Phi) is 4.05. The molecule has 2 saturated carbocycles. The molecular weight excluding hydrogens is 339 g/mol. The van der Waals surface area contributed by atoms with Gasteiger partial charge in [0.05, 0.1) is 0 Å². The molecule has 2 fully saturated rings. The van der Waals surface area contributed by atoms with Crippen molar-refractivity contribution in [3.8, 4) is 5.75 Å². The molecule has 0 aromatic heterocycles. The van der Waals surface area contributed by atoms with E-state index in [0.29, 0.717) is 17.5 Å². The molecule has 1 aromatic carbocycles. The molecule has 5 atom stereocenters. The number of phenols is 1. The number of nitrogens with one attached hydrogen (secondary N) is 2. The van der Waals surface area contributed by atoms with E-state index in [1.165, 1.54) is 59.8 Å². The first kappa shape index (κ1) is 16.7. The molecule has 1 aromatic rings. The molecule has 5 rings (SSSR count). The van der Waals surface area contributed by atoms with Gasteiger partial charge >= 0.3 is 0 Å². The number of hydrogen-bond acceptors (Lipinski definition) is 3. The molecule has 3 N–H and O–H groups in total. The Bertz CT molecular complexity index is 807. The molecule has 2 aliphatic heterocycles. The van der Waals surface area contributed by atoms with Gasteiger partial charge in [0.15, 0.2) is 0 Å². The minimum Gasteiger partial charge on any atom is -0.508 e. The van der Waals surface area contributed by atoms with E-state index in [0.717, 1.165) is 32.5 Å². The van der Waals surface area contributed by atoms with Crippen molar-refractivity contribution in [3.05, 3.63) is 40.6 Å². The molecule has 3 nitrogen and oxygen atoms in total. The third-order valence-electron chi connectivity index (χ3n) is 6.90. The zero-order chi connectivity index (χ0) is 17.8. The molecular formula is C22H29N2OP. The SMILES string of the molecule is Cc1c(O)cc2c(c1PC1C(C)CCC3NC=CCC31)CNC2=C1CC1. The van der Waals surface area contributed by atoms with Crippen LogP contribution >= 0.6 is 8.58 Å². The highest BCUT2D eigenvalue weighted by Crippen LogP contribution is 2.47. The zero-order valence-corrected chi connectivity index (χ0v) is 16.7. The van der Waals surface area contributed by atoms with Gasteiger partial charge in [0.25, 0.3) is 0 Å². The van der Waals surface area contributed by atoms with Crippen molar-refractivity contribution in [2.24, 2.45) is 11.8 Å². The fraction of sp³-hybridized carbons (Fsp3) is 0.545. The molecule has 4 heteroatoms. The Labute approximate surface area is 158 Å². The first-order valence-electron chi connectivity index (χ1n) is 10.1. The van der Waals surface area contributed by atoms with Crippen molar-refractivity contribution >= 4 is 19.6 Å². The Morgan fingerprint density at radius 3 is 2.88 bits per heavy atom. The van der Waals surface area contributed by atoms with Crippen molar-refractivity contribution in [2.75, 3.05) is 0 Å². The van der Waals surface area contributed by atoms with E-state index < -0.39 is 0 Å². The molecule has 0 amide bonds. The zero-order valence-electron chi connectivity index (χ0n) is 15.7. The minimum absolute atomic E-state index is 0.482. The van der Waals surface area contributed by atoms with Crippen LogP contribution in [0.3, 0.4) is 0 Å². The van der Waals surface area contributed by atoms with E-state index >= 15 is 0 Å². The van der Waals surface area contributed by atoms with Crippen LogP contribution in [0.4, 0.5) is 0 Å². The lowest BCUT2D eigenvalue weighted by Gasteiger charge is -2.44. The topological polar surface area (TPSA) is 44.3 Å². The standard InChI is InChI=1S/C22H29N2OP/c1-12-5-8-18-15(4-3-9-23-18)21(12)26-22-13(2)19(25)10-16-17(22)11-24-20(16)14-6-7-14/h3,9-10,12,15,18,21,23-26H,4-8,11H2,1-2H3. The number of benzene rings is 1. The fourth-order valence-electron chi connectivity index (χ4n) is 5.18. The van der Waals surface area contributed by atoms with Gasteiger partial charge in [-0.1, -0.05) is 21.6 Å². The Balaban J connectivity index is 1.53. The van der Waals surface area contributed by atoms with Gasteiger partial charge in [-0.05, 0) is 90.8 Å². The van der Waals surface area contributed by atoms with E-state index in [4.69, 9.17) is 0 Å². The molecule has 0 saturated heterocycles. The molecule has 0 spiro atoms. The lowest BCUT2D eigenvalue weighted by Crippen LogP contribution is -2.47. The minimum atomic E-state index is 0.482. The molecule has 138 valence electrons. The average Bonchev–Trinajstić information content (AvgIpc) is 3.41. The predicted octanol–water partition coefficient (Wildman–Crippen LogP) is 3.90. The first-order valence-corrected chi connectivity index (χ1v) is 11.2. The lowest BCUT2D eigenvalue weighted by atomic mass is 9.75. The number of hydrogen-bond donors (Lipinski definition) is 3. The fourth-order valence-corrected chi connectivity index (χ4v) is 7.29. The van der Waals surface area contributed by atoms with Crippen LogP contribution in [-0.2, 0) is 6.54 Å². The number of aromatic hydroxyl groups is 1. The summed E-state index contributed by atoms with van der Waals surface area (Å²) in [6.45, 7) is 5.50. The van der Waals surface area contributed by atoms with E-state index in [9.17, 15) is 5.11 Å². The predicted molar refractivity (Wildman–Crippen MR) is 110 cm³/mol. The summed E-state index contributed by atoms with van der Waals surface area (Å²) >= 11 is 0. The molecule has 0 radical (unpaired) electrons. The normalized spacial score (nSPS) is 32.4. The highest BCUT2D eigenvalue weighted by atomic mass is 31.1. The Hall–Kier alpha value is -1.47. The third-order valence-corrected chi connectivity index (χ3v) is 9.20. The Morgan fingerprint density at radius 2 is 2.08 bits per heavy atom. The molecule has 2 aliphatic carbocycles. The van der Waals surface area contributed by atoms with Gasteiger partial charge in [0.1, 0.15) is 5.75 Å². The van der Waals surface area contributed by atoms with Crippen LogP contribution in [0.25, 0.3) is 5.70 Å². The largest absolute Gasteiger partial charge is 0.508 e. The van der Waals surface area contributed by atoms with Crippen LogP contribution in [0.2, 0.25) is 0 Å². The average molecular weight is 368 g/mol. The highest BCUT2D eigenvalue weighted by Gasteiger charge is 2.39. The summed E-state index contributed by atoms with van der Waals surface area (Å²) in [5, 5.41) is 19.3. The van der Waals surface area contributed by atoms with Gasteiger partial charge < -0.3 is 15.7 Å². The summed E-state index contributed by atoms with van der Waals surface area (Å²) in [5.41, 5.74) is 7.42. The second-order valence-electron chi connectivity index (χ2n) is 8.55. The van der Waals surface area contributed by atoms with Crippen LogP contribution < -0.4 is 15.9 Å². The van der Waals surface area contributed by atoms with Crippen LogP contribution in [0, 0.1) is 18.8 Å². The molecule has 26 heavy (non-hydrogen) atoms. The number of rotatable bonds is 2. The van der Waals surface area contributed by atoms with E-state index in [-0.39, 0.29) is 0 Å². The summed E-state index contributed by atoms with van der Waals surface area (Å²) in [6, 6.07) is 2.65. The monoisotopic (exact) mass is 368 g/mol. The van der Waals surface area contributed by atoms with Gasteiger partial charge in [0, 0.05) is 23.8 Å². The van der Waals surface area contributed by atoms with Gasteiger partial charge in [-0.2, -0.15) is 0 Å². The maximum Gasteiger partial charge on any atom is 0.119 e.